The molecule has 1 unspecified atom stereocenters. The molecule has 0 amide bonds. The second kappa shape index (κ2) is 3.04. The van der Waals surface area contributed by atoms with E-state index in [2.05, 4.69) is 18.4 Å². The van der Waals surface area contributed by atoms with E-state index in [1.165, 1.54) is 5.88 Å². The van der Waals surface area contributed by atoms with E-state index in [4.69, 9.17) is 0 Å². The molecule has 1 heterocycles. The maximum atomic E-state index is 3.36. The molecule has 1 atom stereocenters. The second-order valence-electron chi connectivity index (χ2n) is 2.08. The van der Waals surface area contributed by atoms with E-state index >= 15 is 0 Å². The Hall–Kier alpha value is 0.725. The van der Waals surface area contributed by atoms with E-state index in [1.807, 2.05) is 11.6 Å². The molecule has 0 saturated carbocycles. The molecule has 1 aliphatic heterocycles. The third-order valence-corrected chi connectivity index (χ3v) is 5.75. The molecule has 0 aromatic rings. The standard InChI is InChI=1S/C4H12BNS2/c1-5-7-3-6-4-8(5)2/h6,8H,3-4H2,1-2H3. The number of nitrogens with one attached hydrogen (secondary N) is 1. The minimum absolute atomic E-state index is 0.299. The normalized spacial score (nSPS) is 35.2. The maximum absolute atomic E-state index is 3.36. The third-order valence-electron chi connectivity index (χ3n) is 1.41. The van der Waals surface area contributed by atoms with Gasteiger partial charge in [0.1, 0.15) is 0 Å². The van der Waals surface area contributed by atoms with Crippen LogP contribution >= 0.6 is 22.4 Å². The highest BCUT2D eigenvalue weighted by Gasteiger charge is 2.16. The lowest BCUT2D eigenvalue weighted by atomic mass is 10.2. The fraction of sp³-hybridized carbons (Fsp3) is 1.00. The number of thiol groups is 1. The van der Waals surface area contributed by atoms with Gasteiger partial charge in [0, 0.05) is 11.8 Å². The molecule has 0 bridgehead atoms. The Balaban J connectivity index is 2.28. The van der Waals surface area contributed by atoms with Gasteiger partial charge in [0.15, 0.2) is 0 Å². The molecule has 0 spiro atoms. The highest BCUT2D eigenvalue weighted by Crippen LogP contribution is 2.32. The van der Waals surface area contributed by atoms with Gasteiger partial charge in [-0.25, -0.2) is 0 Å². The second-order valence-corrected chi connectivity index (χ2v) is 6.36. The van der Waals surface area contributed by atoms with Gasteiger partial charge in [0.05, 0.1) is 0 Å². The van der Waals surface area contributed by atoms with Gasteiger partial charge >= 0.3 is 0 Å². The van der Waals surface area contributed by atoms with Crippen LogP contribution in [0.4, 0.5) is 0 Å². The Morgan fingerprint density at radius 2 is 2.50 bits per heavy atom. The van der Waals surface area contributed by atoms with E-state index in [-0.39, 0.29) is 0 Å². The van der Waals surface area contributed by atoms with Crippen LogP contribution in [0.1, 0.15) is 0 Å². The molecule has 0 aliphatic carbocycles. The van der Waals surface area contributed by atoms with Gasteiger partial charge in [-0.1, -0.05) is 6.82 Å². The van der Waals surface area contributed by atoms with Crippen LogP contribution in [-0.2, 0) is 0 Å². The molecule has 0 aromatic heterocycles. The monoisotopic (exact) mass is 149 g/mol. The van der Waals surface area contributed by atoms with Gasteiger partial charge in [-0.05, 0) is 6.26 Å². The summed E-state index contributed by atoms with van der Waals surface area (Å²) in [6.45, 7) is 2.33. The molecular formula is C4H12BNS2. The first-order valence-corrected chi connectivity index (χ1v) is 5.92. The lowest BCUT2D eigenvalue weighted by molar-refractivity contribution is 0.950. The first-order chi connectivity index (χ1) is 3.80. The summed E-state index contributed by atoms with van der Waals surface area (Å²) in [6.07, 6.45) is 2.36. The molecule has 8 heavy (non-hydrogen) atoms. The van der Waals surface area contributed by atoms with Crippen molar-refractivity contribution >= 4 is 27.6 Å². The average Bonchev–Trinajstić information content (AvgIpc) is 1.77. The summed E-state index contributed by atoms with van der Waals surface area (Å²) >= 11 is 2.04. The molecule has 4 heteroatoms. The highest BCUT2D eigenvalue weighted by molar-refractivity contribution is 8.61. The van der Waals surface area contributed by atoms with E-state index in [0.29, 0.717) is 10.7 Å². The quantitative estimate of drug-likeness (QED) is 0.393. The minimum atomic E-state index is 0.299. The van der Waals surface area contributed by atoms with Crippen molar-refractivity contribution in [2.75, 3.05) is 18.0 Å². The van der Waals surface area contributed by atoms with Crippen LogP contribution in [0.15, 0.2) is 0 Å². The van der Waals surface area contributed by atoms with Crippen LogP contribution in [0.25, 0.3) is 0 Å². The Morgan fingerprint density at radius 3 is 2.88 bits per heavy atom. The average molecular weight is 149 g/mol. The Morgan fingerprint density at radius 1 is 1.75 bits per heavy atom. The van der Waals surface area contributed by atoms with Crippen LogP contribution in [0.2, 0.25) is 6.82 Å². The summed E-state index contributed by atoms with van der Waals surface area (Å²) in [5.41, 5.74) is 0. The zero-order valence-corrected chi connectivity index (χ0v) is 7.06. The zero-order valence-electron chi connectivity index (χ0n) is 5.35. The van der Waals surface area contributed by atoms with Crippen LogP contribution < -0.4 is 5.32 Å². The Kier molecular flexibility index (Phi) is 2.60. The van der Waals surface area contributed by atoms with Crippen molar-refractivity contribution in [3.63, 3.8) is 0 Å². The maximum Gasteiger partial charge on any atom is 0.255 e. The first-order valence-electron chi connectivity index (χ1n) is 2.83. The highest BCUT2D eigenvalue weighted by atomic mass is 32.2. The SMILES string of the molecule is CB1SCNC[SH]1C. The molecule has 1 fully saturated rings. The molecular weight excluding hydrogens is 137 g/mol. The first kappa shape index (κ1) is 6.84. The van der Waals surface area contributed by atoms with E-state index < -0.39 is 0 Å². The molecule has 1 rings (SSSR count). The summed E-state index contributed by atoms with van der Waals surface area (Å²) in [7, 11) is 0.299. The van der Waals surface area contributed by atoms with Crippen molar-refractivity contribution in [2.45, 2.75) is 6.82 Å². The van der Waals surface area contributed by atoms with Gasteiger partial charge in [-0.2, -0.15) is 11.6 Å². The number of hydrogen-bond acceptors (Lipinski definition) is 2. The molecule has 1 aliphatic rings. The van der Waals surface area contributed by atoms with Crippen LogP contribution in [-0.4, -0.2) is 23.3 Å². The van der Waals surface area contributed by atoms with E-state index in [9.17, 15) is 0 Å². The smallest absolute Gasteiger partial charge is 0.255 e. The summed E-state index contributed by atoms with van der Waals surface area (Å²) < 4.78 is 0. The van der Waals surface area contributed by atoms with Crippen molar-refractivity contribution in [1.29, 1.82) is 0 Å². The van der Waals surface area contributed by atoms with Crippen molar-refractivity contribution in [3.8, 4) is 0 Å². The fourth-order valence-electron chi connectivity index (χ4n) is 0.657. The minimum Gasteiger partial charge on any atom is -0.302 e. The molecule has 1 nitrogen and oxygen atoms in total. The molecule has 0 aromatic carbocycles. The van der Waals surface area contributed by atoms with Crippen molar-refractivity contribution < 1.29 is 0 Å². The molecule has 0 radical (unpaired) electrons. The van der Waals surface area contributed by atoms with E-state index in [1.54, 1.807) is 0 Å². The van der Waals surface area contributed by atoms with Gasteiger partial charge < -0.3 is 5.32 Å². The summed E-state index contributed by atoms with van der Waals surface area (Å²) in [5.74, 6) is 2.43. The summed E-state index contributed by atoms with van der Waals surface area (Å²) in [4.78, 5) is 0. The Labute approximate surface area is 58.2 Å². The van der Waals surface area contributed by atoms with Crippen LogP contribution in [0, 0.1) is 0 Å². The lowest BCUT2D eigenvalue weighted by Gasteiger charge is -2.26. The predicted octanol–water partition coefficient (Wildman–Crippen LogP) is 0.987. The number of rotatable bonds is 0. The molecule has 1 N–H and O–H groups in total. The zero-order chi connectivity index (χ0) is 5.98. The van der Waals surface area contributed by atoms with Crippen LogP contribution in [0.3, 0.4) is 0 Å². The largest absolute Gasteiger partial charge is 0.302 e. The molecule has 1 saturated heterocycles. The summed E-state index contributed by atoms with van der Waals surface area (Å²) in [5, 5.41) is 4.28. The summed E-state index contributed by atoms with van der Waals surface area (Å²) in [6, 6.07) is 0. The topological polar surface area (TPSA) is 12.0 Å². The number of hydrogen-bond donors (Lipinski definition) is 2. The van der Waals surface area contributed by atoms with Gasteiger partial charge in [-0.3, -0.25) is 10.7 Å². The van der Waals surface area contributed by atoms with Gasteiger partial charge in [0.25, 0.3) is 5.27 Å². The fourth-order valence-corrected chi connectivity index (χ4v) is 3.46. The van der Waals surface area contributed by atoms with Gasteiger partial charge in [-0.15, -0.1) is 0 Å². The van der Waals surface area contributed by atoms with Gasteiger partial charge in [0.2, 0.25) is 0 Å². The van der Waals surface area contributed by atoms with E-state index in [0.717, 1.165) is 11.1 Å². The van der Waals surface area contributed by atoms with Crippen molar-refractivity contribution in [2.24, 2.45) is 0 Å². The molecule has 48 valence electrons. The third kappa shape index (κ3) is 1.60. The van der Waals surface area contributed by atoms with Crippen molar-refractivity contribution in [1.82, 2.24) is 5.32 Å². The lowest BCUT2D eigenvalue weighted by Crippen LogP contribution is -2.26. The van der Waals surface area contributed by atoms with Crippen molar-refractivity contribution in [3.05, 3.63) is 0 Å². The predicted molar refractivity (Wildman–Crippen MR) is 47.0 cm³/mol. The Bertz CT molecular complexity index is 70.4. The van der Waals surface area contributed by atoms with Crippen LogP contribution in [0.5, 0.6) is 0 Å².